The molecule has 0 spiro atoms. The summed E-state index contributed by atoms with van der Waals surface area (Å²) in [6.07, 6.45) is -0.798. The van der Waals surface area contributed by atoms with Gasteiger partial charge in [-0.05, 0) is 5.56 Å². The summed E-state index contributed by atoms with van der Waals surface area (Å²) in [5.74, 6) is 0.00357. The van der Waals surface area contributed by atoms with Crippen molar-refractivity contribution in [3.05, 3.63) is 35.9 Å². The lowest BCUT2D eigenvalue weighted by atomic mass is 9.86. The Morgan fingerprint density at radius 1 is 1.25 bits per heavy atom. The van der Waals surface area contributed by atoms with E-state index in [0.717, 1.165) is 5.56 Å². The number of carbonyl (C=O) groups excluding carboxylic acids is 1. The molecule has 0 aliphatic heterocycles. The van der Waals surface area contributed by atoms with Crippen molar-refractivity contribution in [2.24, 2.45) is 5.41 Å². The molecule has 1 unspecified atom stereocenters. The molecular formula is C13H17BrO2. The number of ketones is 1. The molecule has 0 radical (unpaired) electrons. The van der Waals surface area contributed by atoms with Gasteiger partial charge in [0.15, 0.2) is 5.78 Å². The zero-order chi connectivity index (χ0) is 12.3. The fourth-order valence-corrected chi connectivity index (χ4v) is 2.37. The maximum Gasteiger partial charge on any atom is 0.154 e. The molecule has 1 aromatic rings. The third kappa shape index (κ3) is 3.16. The highest BCUT2D eigenvalue weighted by molar-refractivity contribution is 9.10. The second-order valence-electron chi connectivity index (χ2n) is 4.87. The number of alkyl halides is 1. The number of aliphatic hydroxyl groups is 1. The Balaban J connectivity index is 2.83. The van der Waals surface area contributed by atoms with Crippen LogP contribution in [0, 0.1) is 5.41 Å². The molecule has 2 nitrogen and oxygen atoms in total. The second kappa shape index (κ2) is 5.11. The van der Waals surface area contributed by atoms with Gasteiger partial charge in [0.25, 0.3) is 0 Å². The lowest BCUT2D eigenvalue weighted by Crippen LogP contribution is -2.32. The minimum Gasteiger partial charge on any atom is -0.387 e. The zero-order valence-corrected chi connectivity index (χ0v) is 11.4. The van der Waals surface area contributed by atoms with E-state index in [1.807, 2.05) is 51.1 Å². The first kappa shape index (κ1) is 13.4. The predicted octanol–water partition coefficient (Wildman–Crippen LogP) is 3.10. The normalized spacial score (nSPS) is 15.6. The molecule has 16 heavy (non-hydrogen) atoms. The lowest BCUT2D eigenvalue weighted by Gasteiger charge is -2.24. The topological polar surface area (TPSA) is 37.3 Å². The molecule has 0 fully saturated rings. The highest BCUT2D eigenvalue weighted by Crippen LogP contribution is 2.29. The smallest absolute Gasteiger partial charge is 0.154 e. The number of halogens is 1. The zero-order valence-electron chi connectivity index (χ0n) is 9.77. The second-order valence-corrected chi connectivity index (χ2v) is 5.86. The van der Waals surface area contributed by atoms with Crippen LogP contribution in [0.25, 0.3) is 0 Å². The van der Waals surface area contributed by atoms with Crippen LogP contribution >= 0.6 is 15.9 Å². The minimum atomic E-state index is -0.798. The van der Waals surface area contributed by atoms with E-state index in [1.54, 1.807) is 0 Å². The summed E-state index contributed by atoms with van der Waals surface area (Å²) in [5.41, 5.74) is 0.297. The van der Waals surface area contributed by atoms with E-state index < -0.39 is 16.3 Å². The summed E-state index contributed by atoms with van der Waals surface area (Å²) < 4.78 is 0. The Hall–Kier alpha value is -0.670. The van der Waals surface area contributed by atoms with Crippen molar-refractivity contribution in [3.63, 3.8) is 0 Å². The standard InChI is InChI=1S/C13H17BrO2/c1-13(2,3)12(16)10(14)11(15)9-7-5-4-6-8-9/h4-8,10-11,15H,1-3H3/t10?,11-/m1/s1. The van der Waals surface area contributed by atoms with E-state index in [1.165, 1.54) is 0 Å². The number of Topliss-reactive ketones (excluding diaryl/α,β-unsaturated/α-hetero) is 1. The number of aliphatic hydroxyl groups excluding tert-OH is 1. The van der Waals surface area contributed by atoms with Gasteiger partial charge in [0, 0.05) is 5.41 Å². The van der Waals surface area contributed by atoms with E-state index in [-0.39, 0.29) is 5.78 Å². The Kier molecular flexibility index (Phi) is 4.28. The summed E-state index contributed by atoms with van der Waals surface area (Å²) in [5, 5.41) is 10.1. The molecule has 0 aliphatic rings. The van der Waals surface area contributed by atoms with Crippen LogP contribution in [0.3, 0.4) is 0 Å². The van der Waals surface area contributed by atoms with Crippen LogP contribution in [0.1, 0.15) is 32.4 Å². The number of carbonyl (C=O) groups is 1. The van der Waals surface area contributed by atoms with Crippen LogP contribution in [0.5, 0.6) is 0 Å². The van der Waals surface area contributed by atoms with Crippen molar-refractivity contribution < 1.29 is 9.90 Å². The monoisotopic (exact) mass is 284 g/mol. The maximum atomic E-state index is 12.0. The van der Waals surface area contributed by atoms with Gasteiger partial charge in [-0.15, -0.1) is 0 Å². The van der Waals surface area contributed by atoms with Gasteiger partial charge >= 0.3 is 0 Å². The first-order valence-corrected chi connectivity index (χ1v) is 6.17. The Morgan fingerprint density at radius 3 is 2.19 bits per heavy atom. The molecule has 1 aromatic carbocycles. The Labute approximate surface area is 105 Å². The van der Waals surface area contributed by atoms with Gasteiger partial charge in [0.1, 0.15) is 4.83 Å². The molecule has 0 aliphatic carbocycles. The molecule has 3 heteroatoms. The Bertz CT molecular complexity index is 354. The molecular weight excluding hydrogens is 268 g/mol. The van der Waals surface area contributed by atoms with E-state index >= 15 is 0 Å². The van der Waals surface area contributed by atoms with Gasteiger partial charge in [-0.1, -0.05) is 67.0 Å². The largest absolute Gasteiger partial charge is 0.387 e. The van der Waals surface area contributed by atoms with Crippen molar-refractivity contribution in [1.29, 1.82) is 0 Å². The summed E-state index contributed by atoms with van der Waals surface area (Å²) in [6, 6.07) is 9.20. The summed E-state index contributed by atoms with van der Waals surface area (Å²) in [6.45, 7) is 5.55. The Morgan fingerprint density at radius 2 is 1.75 bits per heavy atom. The number of benzene rings is 1. The van der Waals surface area contributed by atoms with Gasteiger partial charge in [0.05, 0.1) is 6.10 Å². The average molecular weight is 285 g/mol. The third-order valence-corrected chi connectivity index (χ3v) is 3.32. The predicted molar refractivity (Wildman–Crippen MR) is 68.6 cm³/mol. The quantitative estimate of drug-likeness (QED) is 0.866. The molecule has 0 bridgehead atoms. The fourth-order valence-electron chi connectivity index (χ4n) is 1.38. The van der Waals surface area contributed by atoms with Crippen LogP contribution in [0.2, 0.25) is 0 Å². The highest BCUT2D eigenvalue weighted by Gasteiger charge is 2.33. The van der Waals surface area contributed by atoms with Crippen LogP contribution < -0.4 is 0 Å². The molecule has 2 atom stereocenters. The number of hydrogen-bond acceptors (Lipinski definition) is 2. The summed E-state index contributed by atoms with van der Waals surface area (Å²) >= 11 is 3.28. The molecule has 0 amide bonds. The van der Waals surface area contributed by atoms with Gasteiger partial charge in [0.2, 0.25) is 0 Å². The number of hydrogen-bond donors (Lipinski definition) is 1. The van der Waals surface area contributed by atoms with Gasteiger partial charge < -0.3 is 5.11 Å². The van der Waals surface area contributed by atoms with Crippen molar-refractivity contribution in [2.45, 2.75) is 31.7 Å². The summed E-state index contributed by atoms with van der Waals surface area (Å²) in [7, 11) is 0. The third-order valence-electron chi connectivity index (χ3n) is 2.41. The molecule has 0 aromatic heterocycles. The molecule has 0 heterocycles. The minimum absolute atomic E-state index is 0.00357. The lowest BCUT2D eigenvalue weighted by molar-refractivity contribution is -0.127. The van der Waals surface area contributed by atoms with Crippen molar-refractivity contribution in [2.75, 3.05) is 0 Å². The van der Waals surface area contributed by atoms with E-state index in [4.69, 9.17) is 0 Å². The van der Waals surface area contributed by atoms with E-state index in [0.29, 0.717) is 0 Å². The van der Waals surface area contributed by atoms with Crippen LogP contribution in [0.15, 0.2) is 30.3 Å². The van der Waals surface area contributed by atoms with E-state index in [9.17, 15) is 9.90 Å². The van der Waals surface area contributed by atoms with Crippen molar-refractivity contribution in [1.82, 2.24) is 0 Å². The van der Waals surface area contributed by atoms with Crippen molar-refractivity contribution >= 4 is 21.7 Å². The average Bonchev–Trinajstić information content (AvgIpc) is 2.26. The van der Waals surface area contributed by atoms with Crippen LogP contribution in [0.4, 0.5) is 0 Å². The molecule has 0 saturated carbocycles. The SMILES string of the molecule is CC(C)(C)C(=O)C(Br)[C@H](O)c1ccccc1. The molecule has 1 rings (SSSR count). The highest BCUT2D eigenvalue weighted by atomic mass is 79.9. The van der Waals surface area contributed by atoms with Crippen LogP contribution in [-0.2, 0) is 4.79 Å². The van der Waals surface area contributed by atoms with Gasteiger partial charge in [-0.3, -0.25) is 4.79 Å². The fraction of sp³-hybridized carbons (Fsp3) is 0.462. The molecule has 88 valence electrons. The summed E-state index contributed by atoms with van der Waals surface area (Å²) in [4.78, 5) is 11.4. The first-order chi connectivity index (χ1) is 7.34. The molecule has 1 N–H and O–H groups in total. The van der Waals surface area contributed by atoms with Crippen LogP contribution in [-0.4, -0.2) is 15.7 Å². The van der Waals surface area contributed by atoms with Crippen molar-refractivity contribution in [3.8, 4) is 0 Å². The van der Waals surface area contributed by atoms with Gasteiger partial charge in [-0.2, -0.15) is 0 Å². The molecule has 0 saturated heterocycles. The first-order valence-electron chi connectivity index (χ1n) is 5.25. The number of rotatable bonds is 3. The maximum absolute atomic E-state index is 12.0. The van der Waals surface area contributed by atoms with E-state index in [2.05, 4.69) is 15.9 Å². The van der Waals surface area contributed by atoms with Gasteiger partial charge in [-0.25, -0.2) is 0 Å².